The van der Waals surface area contributed by atoms with E-state index in [9.17, 15) is 14.4 Å². The van der Waals surface area contributed by atoms with Crippen LogP contribution in [-0.4, -0.2) is 16.6 Å². The van der Waals surface area contributed by atoms with Gasteiger partial charge in [0, 0.05) is 19.4 Å². The van der Waals surface area contributed by atoms with Gasteiger partial charge in [0.1, 0.15) is 24.8 Å². The Morgan fingerprint density at radius 3 is 1.48 bits per heavy atom. The third-order valence-corrected chi connectivity index (χ3v) is 3.48. The zero-order valence-corrected chi connectivity index (χ0v) is 15.3. The molecule has 9 heteroatoms. The first-order valence-electron chi connectivity index (χ1n) is 7.45. The minimum atomic E-state index is -4.67. The van der Waals surface area contributed by atoms with Gasteiger partial charge in [-0.15, -0.1) is 0 Å². The monoisotopic (exact) mass is 346 g/mol. The largest absolute Gasteiger partial charge is 0.790 e. The summed E-state index contributed by atoms with van der Waals surface area (Å²) in [7, 11) is -0.592. The van der Waals surface area contributed by atoms with E-state index in [1.165, 1.54) is 18.6 Å². The number of aromatic amines is 2. The standard InChI is InChI=1S/2C6H10N2.C2H7O4P/c2*1-3-6-7-4-5-8(6)2;1-2-6-7(3,4)5/h2*4-5H,3H2,1-2H3;2H2,1H3,(H2,3,4,5). The normalized spacial score (nSPS) is 10.4. The van der Waals surface area contributed by atoms with Crippen LogP contribution in [0.5, 0.6) is 0 Å². The molecular formula is C14H27N4O4P. The van der Waals surface area contributed by atoms with Gasteiger partial charge in [0.2, 0.25) is 0 Å². The van der Waals surface area contributed by atoms with E-state index in [2.05, 4.69) is 37.5 Å². The van der Waals surface area contributed by atoms with Gasteiger partial charge in [-0.25, -0.2) is 19.1 Å². The smallest absolute Gasteiger partial charge is 0.253 e. The molecule has 2 aromatic rings. The molecule has 0 amide bonds. The minimum Gasteiger partial charge on any atom is -0.790 e. The molecule has 132 valence electrons. The summed E-state index contributed by atoms with van der Waals surface area (Å²) in [6.07, 6.45) is 10.1. The molecule has 0 unspecified atom stereocenters. The number of nitrogens with one attached hydrogen (secondary N) is 2. The highest BCUT2D eigenvalue weighted by Gasteiger charge is 2.00. The Bertz CT molecular complexity index is 551. The number of phosphoric ester groups is 1. The minimum absolute atomic E-state index is 0.0791. The molecule has 0 saturated carbocycles. The maximum Gasteiger partial charge on any atom is 0.253 e. The number of hydrogen-bond donors (Lipinski definition) is 2. The van der Waals surface area contributed by atoms with Crippen LogP contribution in [0.3, 0.4) is 0 Å². The number of H-pyrrole nitrogens is 2. The summed E-state index contributed by atoms with van der Waals surface area (Å²) in [6.45, 7) is 5.62. The molecule has 8 nitrogen and oxygen atoms in total. The fraction of sp³-hybridized carbons (Fsp3) is 0.571. The number of aryl methyl sites for hydroxylation is 4. The van der Waals surface area contributed by atoms with E-state index in [0.717, 1.165) is 12.8 Å². The summed E-state index contributed by atoms with van der Waals surface area (Å²) in [4.78, 5) is 25.2. The van der Waals surface area contributed by atoms with E-state index in [1.54, 1.807) is 0 Å². The van der Waals surface area contributed by atoms with Gasteiger partial charge in [0.05, 0.1) is 21.9 Å². The fourth-order valence-corrected chi connectivity index (χ4v) is 2.05. The molecule has 0 bridgehead atoms. The number of rotatable bonds is 4. The Morgan fingerprint density at radius 2 is 1.39 bits per heavy atom. The lowest BCUT2D eigenvalue weighted by atomic mass is 10.5. The summed E-state index contributed by atoms with van der Waals surface area (Å²) in [5.41, 5.74) is 0. The van der Waals surface area contributed by atoms with Crippen LogP contribution < -0.4 is 18.9 Å². The predicted molar refractivity (Wildman–Crippen MR) is 81.9 cm³/mol. The maximum absolute atomic E-state index is 9.48. The van der Waals surface area contributed by atoms with Crippen LogP contribution in [0.1, 0.15) is 32.4 Å². The Labute approximate surface area is 137 Å². The predicted octanol–water partition coefficient (Wildman–Crippen LogP) is -0.345. The fourth-order valence-electron chi connectivity index (χ4n) is 1.74. The summed E-state index contributed by atoms with van der Waals surface area (Å²) in [6, 6.07) is 0. The average molecular weight is 346 g/mol. The van der Waals surface area contributed by atoms with Gasteiger partial charge in [-0.05, 0) is 6.92 Å². The molecule has 2 heterocycles. The van der Waals surface area contributed by atoms with Crippen LogP contribution in [0, 0.1) is 0 Å². The van der Waals surface area contributed by atoms with E-state index in [4.69, 9.17) is 0 Å². The molecule has 0 aromatic carbocycles. The van der Waals surface area contributed by atoms with Gasteiger partial charge in [-0.3, -0.25) is 0 Å². The van der Waals surface area contributed by atoms with Crippen LogP contribution in [-0.2, 0) is 36.0 Å². The van der Waals surface area contributed by atoms with Crippen LogP contribution >= 0.6 is 7.82 Å². The van der Waals surface area contributed by atoms with Crippen molar-refractivity contribution in [2.45, 2.75) is 33.6 Å². The number of aromatic nitrogens is 4. The molecule has 2 aromatic heterocycles. The Morgan fingerprint density at radius 1 is 1.00 bits per heavy atom. The van der Waals surface area contributed by atoms with E-state index in [0.29, 0.717) is 0 Å². The van der Waals surface area contributed by atoms with Crippen molar-refractivity contribution in [3.8, 4) is 0 Å². The highest BCUT2D eigenvalue weighted by Crippen LogP contribution is 2.23. The molecular weight excluding hydrogens is 319 g/mol. The van der Waals surface area contributed by atoms with Gasteiger partial charge in [-0.1, -0.05) is 13.8 Å². The lowest BCUT2D eigenvalue weighted by molar-refractivity contribution is -0.677. The maximum atomic E-state index is 9.48. The van der Waals surface area contributed by atoms with Crippen LogP contribution in [0.4, 0.5) is 0 Å². The second kappa shape index (κ2) is 11.1. The SMILES string of the molecule is CCOP(=O)([O-])[O-].CCc1[nH]cc[n+]1C.CCc1[nH]cc[n+]1C. The third-order valence-electron chi connectivity index (χ3n) is 2.90. The Balaban J connectivity index is 0.000000317. The van der Waals surface area contributed by atoms with Crippen molar-refractivity contribution < 1.29 is 28.0 Å². The molecule has 0 aliphatic rings. The van der Waals surface area contributed by atoms with Crippen molar-refractivity contribution in [2.75, 3.05) is 6.61 Å². The topological polar surface area (TPSA) is 112 Å². The van der Waals surface area contributed by atoms with E-state index < -0.39 is 7.82 Å². The quantitative estimate of drug-likeness (QED) is 0.582. The summed E-state index contributed by atoms with van der Waals surface area (Å²) in [5.74, 6) is 2.54. The lowest BCUT2D eigenvalue weighted by Crippen LogP contribution is -2.29. The molecule has 0 spiro atoms. The molecule has 0 aliphatic carbocycles. The molecule has 0 saturated heterocycles. The second-order valence-corrected chi connectivity index (χ2v) is 5.76. The van der Waals surface area contributed by atoms with Crippen LogP contribution in [0.15, 0.2) is 24.8 Å². The second-order valence-electron chi connectivity index (χ2n) is 4.61. The molecule has 0 aliphatic heterocycles. The highest BCUT2D eigenvalue weighted by molar-refractivity contribution is 7.43. The van der Waals surface area contributed by atoms with Gasteiger partial charge in [0.25, 0.3) is 11.6 Å². The lowest BCUT2D eigenvalue weighted by Gasteiger charge is -2.27. The summed E-state index contributed by atoms with van der Waals surface area (Å²) in [5, 5.41) is 0. The molecule has 2 N–H and O–H groups in total. The van der Waals surface area contributed by atoms with Gasteiger partial charge in [0.15, 0.2) is 0 Å². The van der Waals surface area contributed by atoms with Crippen molar-refractivity contribution >= 4 is 7.82 Å². The van der Waals surface area contributed by atoms with E-state index in [1.807, 2.05) is 38.9 Å². The summed E-state index contributed by atoms with van der Waals surface area (Å²) < 4.78 is 17.3. The number of imidazole rings is 2. The average Bonchev–Trinajstić information content (AvgIpc) is 3.06. The van der Waals surface area contributed by atoms with Crippen molar-refractivity contribution in [3.63, 3.8) is 0 Å². The first-order chi connectivity index (χ1) is 10.7. The van der Waals surface area contributed by atoms with Crippen molar-refractivity contribution in [2.24, 2.45) is 14.1 Å². The zero-order valence-electron chi connectivity index (χ0n) is 14.4. The first kappa shape index (κ1) is 21.5. The molecule has 0 atom stereocenters. The van der Waals surface area contributed by atoms with Gasteiger partial charge < -0.3 is 18.9 Å². The van der Waals surface area contributed by atoms with E-state index >= 15 is 0 Å². The van der Waals surface area contributed by atoms with Crippen molar-refractivity contribution in [1.82, 2.24) is 9.97 Å². The van der Waals surface area contributed by atoms with E-state index in [-0.39, 0.29) is 6.61 Å². The van der Waals surface area contributed by atoms with Crippen molar-refractivity contribution in [1.29, 1.82) is 0 Å². The molecule has 23 heavy (non-hydrogen) atoms. The third kappa shape index (κ3) is 10.0. The number of hydrogen-bond acceptors (Lipinski definition) is 4. The van der Waals surface area contributed by atoms with Crippen LogP contribution in [0.2, 0.25) is 0 Å². The number of nitrogens with zero attached hydrogens (tertiary/aromatic N) is 2. The first-order valence-corrected chi connectivity index (χ1v) is 8.91. The molecule has 0 fully saturated rings. The number of phosphoric acid groups is 1. The van der Waals surface area contributed by atoms with Crippen molar-refractivity contribution in [3.05, 3.63) is 36.4 Å². The molecule has 2 rings (SSSR count). The van der Waals surface area contributed by atoms with Crippen LogP contribution in [0.25, 0.3) is 0 Å². The zero-order chi connectivity index (χ0) is 17.9. The highest BCUT2D eigenvalue weighted by atomic mass is 31.2. The summed E-state index contributed by atoms with van der Waals surface area (Å²) >= 11 is 0. The molecule has 0 radical (unpaired) electrons. The van der Waals surface area contributed by atoms with Gasteiger partial charge in [-0.2, -0.15) is 0 Å². The van der Waals surface area contributed by atoms with Gasteiger partial charge >= 0.3 is 0 Å². The Hall–Kier alpha value is -1.47. The Kier molecular flexibility index (Phi) is 10.4.